The molecule has 0 saturated carbocycles. The van der Waals surface area contributed by atoms with Crippen molar-refractivity contribution in [3.05, 3.63) is 89.5 Å². The van der Waals surface area contributed by atoms with E-state index < -0.39 is 0 Å². The number of hydrogen-bond donors (Lipinski definition) is 0. The standard InChI is InChI=1S/C24H25NO3S/c1-25(16-19-13-14-21(27-2)22(15-19)28-3)24(26)20-11-7-8-12-23(20)29-17-18-9-5-4-6-10-18/h4-15H,16-17H2,1-3H3. The number of hydrogen-bond acceptors (Lipinski definition) is 4. The minimum absolute atomic E-state index is 0.00375. The molecule has 0 bridgehead atoms. The van der Waals surface area contributed by atoms with Crippen LogP contribution in [0.2, 0.25) is 0 Å². The van der Waals surface area contributed by atoms with Crippen molar-refractivity contribution < 1.29 is 14.3 Å². The second-order valence-electron chi connectivity index (χ2n) is 6.62. The van der Waals surface area contributed by atoms with E-state index in [-0.39, 0.29) is 5.91 Å². The number of ether oxygens (including phenoxy) is 2. The first-order valence-electron chi connectivity index (χ1n) is 9.34. The molecule has 1 amide bonds. The summed E-state index contributed by atoms with van der Waals surface area (Å²) >= 11 is 1.68. The third-order valence-electron chi connectivity index (χ3n) is 4.57. The molecule has 0 unspecified atom stereocenters. The van der Waals surface area contributed by atoms with Gasteiger partial charge in [-0.15, -0.1) is 11.8 Å². The molecule has 3 rings (SSSR count). The van der Waals surface area contributed by atoms with Crippen LogP contribution in [-0.4, -0.2) is 32.1 Å². The summed E-state index contributed by atoms with van der Waals surface area (Å²) in [5.41, 5.74) is 2.93. The van der Waals surface area contributed by atoms with Crippen LogP contribution in [0, 0.1) is 0 Å². The second kappa shape index (κ2) is 10.0. The summed E-state index contributed by atoms with van der Waals surface area (Å²) < 4.78 is 10.6. The zero-order valence-corrected chi connectivity index (χ0v) is 17.7. The highest BCUT2D eigenvalue weighted by atomic mass is 32.2. The molecule has 0 heterocycles. The zero-order chi connectivity index (χ0) is 20.6. The molecule has 0 aliphatic rings. The first-order chi connectivity index (χ1) is 14.1. The number of nitrogens with zero attached hydrogens (tertiary/aromatic N) is 1. The molecule has 4 nitrogen and oxygen atoms in total. The number of thioether (sulfide) groups is 1. The van der Waals surface area contributed by atoms with Crippen LogP contribution in [0.3, 0.4) is 0 Å². The topological polar surface area (TPSA) is 38.8 Å². The normalized spacial score (nSPS) is 10.4. The number of carbonyl (C=O) groups excluding carboxylic acids is 1. The van der Waals surface area contributed by atoms with Crippen LogP contribution in [0.25, 0.3) is 0 Å². The van der Waals surface area contributed by atoms with E-state index in [0.29, 0.717) is 18.0 Å². The third-order valence-corrected chi connectivity index (χ3v) is 5.71. The molecule has 0 aromatic heterocycles. The Kier molecular flexibility index (Phi) is 7.19. The lowest BCUT2D eigenvalue weighted by atomic mass is 10.1. The molecule has 3 aromatic carbocycles. The fraction of sp³-hybridized carbons (Fsp3) is 0.208. The molecule has 0 saturated heterocycles. The van der Waals surface area contributed by atoms with Crippen molar-refractivity contribution in [1.82, 2.24) is 4.90 Å². The molecular formula is C24H25NO3S. The molecule has 0 radical (unpaired) electrons. The maximum absolute atomic E-state index is 13.1. The first kappa shape index (κ1) is 20.8. The quantitative estimate of drug-likeness (QED) is 0.477. The number of amides is 1. The van der Waals surface area contributed by atoms with Crippen LogP contribution in [-0.2, 0) is 12.3 Å². The van der Waals surface area contributed by atoms with E-state index >= 15 is 0 Å². The molecule has 0 aliphatic heterocycles. The van der Waals surface area contributed by atoms with Crippen molar-refractivity contribution in [2.45, 2.75) is 17.2 Å². The molecule has 0 spiro atoms. The maximum Gasteiger partial charge on any atom is 0.255 e. The average molecular weight is 408 g/mol. The van der Waals surface area contributed by atoms with Crippen LogP contribution >= 0.6 is 11.8 Å². The van der Waals surface area contributed by atoms with Crippen molar-refractivity contribution in [3.8, 4) is 11.5 Å². The van der Waals surface area contributed by atoms with Crippen LogP contribution < -0.4 is 9.47 Å². The predicted octanol–water partition coefficient (Wildman–Crippen LogP) is 5.27. The Balaban J connectivity index is 1.73. The highest BCUT2D eigenvalue weighted by Gasteiger charge is 2.17. The fourth-order valence-corrected chi connectivity index (χ4v) is 4.04. The molecule has 0 fully saturated rings. The van der Waals surface area contributed by atoms with Gasteiger partial charge in [-0.2, -0.15) is 0 Å². The van der Waals surface area contributed by atoms with Gasteiger partial charge in [-0.05, 0) is 35.4 Å². The Labute approximate surface area is 176 Å². The van der Waals surface area contributed by atoms with Crippen LogP contribution in [0.5, 0.6) is 11.5 Å². The molecule has 0 N–H and O–H groups in total. The monoisotopic (exact) mass is 407 g/mol. The van der Waals surface area contributed by atoms with Crippen molar-refractivity contribution in [2.24, 2.45) is 0 Å². The molecule has 0 atom stereocenters. The highest BCUT2D eigenvalue weighted by Crippen LogP contribution is 2.29. The van der Waals surface area contributed by atoms with Gasteiger partial charge in [-0.1, -0.05) is 48.5 Å². The summed E-state index contributed by atoms with van der Waals surface area (Å²) in [5, 5.41) is 0. The summed E-state index contributed by atoms with van der Waals surface area (Å²) in [4.78, 5) is 15.8. The van der Waals surface area contributed by atoms with Crippen LogP contribution in [0.4, 0.5) is 0 Å². The third kappa shape index (κ3) is 5.33. The van der Waals surface area contributed by atoms with E-state index in [1.807, 2.05) is 67.7 Å². The second-order valence-corrected chi connectivity index (χ2v) is 7.64. The van der Waals surface area contributed by atoms with E-state index in [1.165, 1.54) is 5.56 Å². The van der Waals surface area contributed by atoms with Crippen LogP contribution in [0.15, 0.2) is 77.7 Å². The highest BCUT2D eigenvalue weighted by molar-refractivity contribution is 7.98. The number of carbonyl (C=O) groups is 1. The first-order valence-corrected chi connectivity index (χ1v) is 10.3. The van der Waals surface area contributed by atoms with Gasteiger partial charge in [0.25, 0.3) is 5.91 Å². The molecule has 29 heavy (non-hydrogen) atoms. The van der Waals surface area contributed by atoms with Gasteiger partial charge >= 0.3 is 0 Å². The number of methoxy groups -OCH3 is 2. The van der Waals surface area contributed by atoms with Gasteiger partial charge in [0.1, 0.15) is 0 Å². The Morgan fingerprint density at radius 3 is 2.28 bits per heavy atom. The SMILES string of the molecule is COc1ccc(CN(C)C(=O)c2ccccc2SCc2ccccc2)cc1OC. The summed E-state index contributed by atoms with van der Waals surface area (Å²) in [5.74, 6) is 2.15. The number of rotatable bonds is 8. The van der Waals surface area contributed by atoms with Gasteiger partial charge in [0.05, 0.1) is 19.8 Å². The fourth-order valence-electron chi connectivity index (χ4n) is 3.03. The van der Waals surface area contributed by atoms with Gasteiger partial charge in [-0.25, -0.2) is 0 Å². The average Bonchev–Trinajstić information content (AvgIpc) is 2.78. The lowest BCUT2D eigenvalue weighted by Gasteiger charge is -2.20. The summed E-state index contributed by atoms with van der Waals surface area (Å²) in [6.07, 6.45) is 0. The van der Waals surface area contributed by atoms with Crippen LogP contribution in [0.1, 0.15) is 21.5 Å². The Hall–Kier alpha value is -2.92. The molecule has 150 valence electrons. The van der Waals surface area contributed by atoms with E-state index in [2.05, 4.69) is 12.1 Å². The molecule has 0 aliphatic carbocycles. The van der Waals surface area contributed by atoms with Crippen molar-refractivity contribution in [3.63, 3.8) is 0 Å². The summed E-state index contributed by atoms with van der Waals surface area (Å²) in [7, 11) is 5.03. The molecule has 3 aromatic rings. The molecule has 5 heteroatoms. The van der Waals surface area contributed by atoms with Gasteiger partial charge < -0.3 is 14.4 Å². The minimum Gasteiger partial charge on any atom is -0.493 e. The van der Waals surface area contributed by atoms with E-state index in [1.54, 1.807) is 30.9 Å². The lowest BCUT2D eigenvalue weighted by Crippen LogP contribution is -2.26. The zero-order valence-electron chi connectivity index (χ0n) is 16.9. The molecular weight excluding hydrogens is 382 g/mol. The largest absolute Gasteiger partial charge is 0.493 e. The van der Waals surface area contributed by atoms with Gasteiger partial charge in [0.2, 0.25) is 0 Å². The summed E-state index contributed by atoms with van der Waals surface area (Å²) in [6.45, 7) is 0.483. The van der Waals surface area contributed by atoms with E-state index in [0.717, 1.165) is 21.8 Å². The Morgan fingerprint density at radius 1 is 0.862 bits per heavy atom. The Morgan fingerprint density at radius 2 is 1.55 bits per heavy atom. The van der Waals surface area contributed by atoms with Crippen molar-refractivity contribution >= 4 is 17.7 Å². The van der Waals surface area contributed by atoms with E-state index in [4.69, 9.17) is 9.47 Å². The van der Waals surface area contributed by atoms with Gasteiger partial charge in [-0.3, -0.25) is 4.79 Å². The van der Waals surface area contributed by atoms with Crippen molar-refractivity contribution in [1.29, 1.82) is 0 Å². The van der Waals surface area contributed by atoms with Gasteiger partial charge in [0, 0.05) is 24.2 Å². The van der Waals surface area contributed by atoms with Gasteiger partial charge in [0.15, 0.2) is 11.5 Å². The maximum atomic E-state index is 13.1. The number of benzene rings is 3. The van der Waals surface area contributed by atoms with Crippen molar-refractivity contribution in [2.75, 3.05) is 21.3 Å². The lowest BCUT2D eigenvalue weighted by molar-refractivity contribution is 0.0781. The van der Waals surface area contributed by atoms with E-state index in [9.17, 15) is 4.79 Å². The predicted molar refractivity (Wildman–Crippen MR) is 118 cm³/mol. The minimum atomic E-state index is -0.00375. The summed E-state index contributed by atoms with van der Waals surface area (Å²) in [6, 6.07) is 23.7. The Bertz CT molecular complexity index is 959. The smallest absolute Gasteiger partial charge is 0.255 e.